The van der Waals surface area contributed by atoms with Crippen LogP contribution >= 0.6 is 11.6 Å². The summed E-state index contributed by atoms with van der Waals surface area (Å²) in [6, 6.07) is 11.0. The van der Waals surface area contributed by atoms with Crippen LogP contribution in [0.3, 0.4) is 0 Å². The lowest BCUT2D eigenvalue weighted by Gasteiger charge is -2.38. The Balaban J connectivity index is 1.55. The van der Waals surface area contributed by atoms with Crippen molar-refractivity contribution in [2.75, 3.05) is 36.4 Å². The fraction of sp³-hybridized carbons (Fsp3) is 0.316. The van der Waals surface area contributed by atoms with Crippen LogP contribution in [0.15, 0.2) is 42.5 Å². The highest BCUT2D eigenvalue weighted by molar-refractivity contribution is 6.31. The van der Waals surface area contributed by atoms with Gasteiger partial charge in [-0.3, -0.25) is 9.69 Å². The molecule has 2 aromatic rings. The molecule has 0 unspecified atom stereocenters. The van der Waals surface area contributed by atoms with Gasteiger partial charge in [0.2, 0.25) is 5.91 Å². The molecule has 138 valence electrons. The maximum atomic E-state index is 13.2. The summed E-state index contributed by atoms with van der Waals surface area (Å²) >= 11 is 5.75. The van der Waals surface area contributed by atoms with Crippen molar-refractivity contribution in [2.24, 2.45) is 0 Å². The largest absolute Gasteiger partial charge is 0.508 e. The van der Waals surface area contributed by atoms with Gasteiger partial charge in [0.25, 0.3) is 0 Å². The number of amides is 1. The van der Waals surface area contributed by atoms with E-state index in [2.05, 4.69) is 15.1 Å². The standard InChI is InChI=1S/C19H21ClFN3O2/c1-13(19(26)22-14-2-7-18(21)17(20)12-14)23-8-10-24(11-9-23)15-3-5-16(25)6-4-15/h2-7,12-13,25H,8-11H2,1H3,(H,22,26)/t13-/m0/s1. The van der Waals surface area contributed by atoms with Crippen LogP contribution in [0.25, 0.3) is 0 Å². The number of piperazine rings is 1. The van der Waals surface area contributed by atoms with Gasteiger partial charge in [0, 0.05) is 37.6 Å². The zero-order chi connectivity index (χ0) is 18.7. The predicted molar refractivity (Wildman–Crippen MR) is 101 cm³/mol. The number of carbonyl (C=O) groups is 1. The number of phenols is 1. The molecule has 2 N–H and O–H groups in total. The van der Waals surface area contributed by atoms with Crippen LogP contribution in [0.4, 0.5) is 15.8 Å². The van der Waals surface area contributed by atoms with E-state index in [1.165, 1.54) is 18.2 Å². The van der Waals surface area contributed by atoms with E-state index < -0.39 is 5.82 Å². The molecule has 0 aliphatic carbocycles. The van der Waals surface area contributed by atoms with E-state index in [9.17, 15) is 14.3 Å². The molecule has 0 radical (unpaired) electrons. The highest BCUT2D eigenvalue weighted by atomic mass is 35.5. The molecule has 1 atom stereocenters. The Morgan fingerprint density at radius 2 is 1.81 bits per heavy atom. The number of carbonyl (C=O) groups excluding carboxylic acids is 1. The fourth-order valence-corrected chi connectivity index (χ4v) is 3.20. The third kappa shape index (κ3) is 4.26. The van der Waals surface area contributed by atoms with Crippen LogP contribution in [-0.4, -0.2) is 48.1 Å². The van der Waals surface area contributed by atoms with Gasteiger partial charge >= 0.3 is 0 Å². The molecule has 1 aliphatic heterocycles. The Labute approximate surface area is 157 Å². The lowest BCUT2D eigenvalue weighted by atomic mass is 10.2. The highest BCUT2D eigenvalue weighted by Gasteiger charge is 2.25. The lowest BCUT2D eigenvalue weighted by molar-refractivity contribution is -0.120. The first kappa shape index (κ1) is 18.5. The number of halogens is 2. The normalized spacial score (nSPS) is 16.3. The molecule has 0 spiro atoms. The van der Waals surface area contributed by atoms with E-state index in [-0.39, 0.29) is 22.7 Å². The second-order valence-electron chi connectivity index (χ2n) is 6.33. The topological polar surface area (TPSA) is 55.8 Å². The summed E-state index contributed by atoms with van der Waals surface area (Å²) in [5.41, 5.74) is 1.54. The molecule has 0 aromatic heterocycles. The third-order valence-corrected chi connectivity index (χ3v) is 4.93. The minimum Gasteiger partial charge on any atom is -0.508 e. The first-order chi connectivity index (χ1) is 12.4. The molecule has 2 aromatic carbocycles. The first-order valence-corrected chi connectivity index (χ1v) is 8.86. The number of hydrogen-bond acceptors (Lipinski definition) is 4. The smallest absolute Gasteiger partial charge is 0.241 e. The molecule has 1 saturated heterocycles. The van der Waals surface area contributed by atoms with Crippen LogP contribution in [0.1, 0.15) is 6.92 Å². The van der Waals surface area contributed by atoms with Crippen molar-refractivity contribution in [2.45, 2.75) is 13.0 Å². The second kappa shape index (κ2) is 7.93. The van der Waals surface area contributed by atoms with Crippen LogP contribution < -0.4 is 10.2 Å². The maximum absolute atomic E-state index is 13.2. The van der Waals surface area contributed by atoms with Gasteiger partial charge in [-0.15, -0.1) is 0 Å². The molecule has 1 amide bonds. The third-order valence-electron chi connectivity index (χ3n) is 4.64. The average Bonchev–Trinajstić information content (AvgIpc) is 2.65. The number of rotatable bonds is 4. The Bertz CT molecular complexity index is 777. The Hall–Kier alpha value is -2.31. The molecule has 1 fully saturated rings. The van der Waals surface area contributed by atoms with Gasteiger partial charge in [-0.1, -0.05) is 11.6 Å². The molecular formula is C19H21ClFN3O2. The predicted octanol–water partition coefficient (Wildman–Crippen LogP) is 3.33. The summed E-state index contributed by atoms with van der Waals surface area (Å²) in [5, 5.41) is 12.2. The second-order valence-corrected chi connectivity index (χ2v) is 6.74. The monoisotopic (exact) mass is 377 g/mol. The minimum absolute atomic E-state index is 0.0158. The SMILES string of the molecule is C[C@@H](C(=O)Nc1ccc(F)c(Cl)c1)N1CCN(c2ccc(O)cc2)CC1. The summed E-state index contributed by atoms with van der Waals surface area (Å²) in [7, 11) is 0. The van der Waals surface area contributed by atoms with Crippen molar-refractivity contribution in [1.82, 2.24) is 4.90 Å². The van der Waals surface area contributed by atoms with E-state index in [1.54, 1.807) is 12.1 Å². The van der Waals surface area contributed by atoms with E-state index in [0.29, 0.717) is 5.69 Å². The highest BCUT2D eigenvalue weighted by Crippen LogP contribution is 2.22. The van der Waals surface area contributed by atoms with Gasteiger partial charge in [-0.2, -0.15) is 0 Å². The fourth-order valence-electron chi connectivity index (χ4n) is 3.02. The van der Waals surface area contributed by atoms with E-state index >= 15 is 0 Å². The number of benzene rings is 2. The van der Waals surface area contributed by atoms with Gasteiger partial charge in [0.1, 0.15) is 11.6 Å². The van der Waals surface area contributed by atoms with Gasteiger partial charge in [-0.05, 0) is 49.4 Å². The number of aromatic hydroxyl groups is 1. The molecule has 3 rings (SSSR count). The van der Waals surface area contributed by atoms with Gasteiger partial charge in [0.15, 0.2) is 0 Å². The summed E-state index contributed by atoms with van der Waals surface area (Å²) in [4.78, 5) is 16.8. The van der Waals surface area contributed by atoms with Crippen LogP contribution in [0.5, 0.6) is 5.75 Å². The molecule has 0 bridgehead atoms. The number of nitrogens with zero attached hydrogens (tertiary/aromatic N) is 2. The van der Waals surface area contributed by atoms with Crippen molar-refractivity contribution in [3.05, 3.63) is 53.3 Å². The van der Waals surface area contributed by atoms with E-state index in [0.717, 1.165) is 31.9 Å². The molecule has 26 heavy (non-hydrogen) atoms. The van der Waals surface area contributed by atoms with Crippen LogP contribution in [-0.2, 0) is 4.79 Å². The van der Waals surface area contributed by atoms with Crippen molar-refractivity contribution in [3.63, 3.8) is 0 Å². The van der Waals surface area contributed by atoms with E-state index in [4.69, 9.17) is 11.6 Å². The molecular weight excluding hydrogens is 357 g/mol. The summed E-state index contributed by atoms with van der Waals surface area (Å²) in [6.07, 6.45) is 0. The van der Waals surface area contributed by atoms with Crippen molar-refractivity contribution in [3.8, 4) is 5.75 Å². The van der Waals surface area contributed by atoms with E-state index in [1.807, 2.05) is 19.1 Å². The average molecular weight is 378 g/mol. The minimum atomic E-state index is -0.511. The summed E-state index contributed by atoms with van der Waals surface area (Å²) in [5.74, 6) is -0.410. The molecule has 5 nitrogen and oxygen atoms in total. The molecule has 0 saturated carbocycles. The Kier molecular flexibility index (Phi) is 5.64. The lowest BCUT2D eigenvalue weighted by Crippen LogP contribution is -2.52. The zero-order valence-corrected chi connectivity index (χ0v) is 15.2. The Morgan fingerprint density at radius 1 is 1.15 bits per heavy atom. The van der Waals surface area contributed by atoms with Crippen LogP contribution in [0.2, 0.25) is 5.02 Å². The number of hydrogen-bond donors (Lipinski definition) is 2. The number of nitrogens with one attached hydrogen (secondary N) is 1. The Morgan fingerprint density at radius 3 is 2.42 bits per heavy atom. The van der Waals surface area contributed by atoms with Gasteiger partial charge in [0.05, 0.1) is 11.1 Å². The van der Waals surface area contributed by atoms with Gasteiger partial charge in [-0.25, -0.2) is 4.39 Å². The van der Waals surface area contributed by atoms with Crippen molar-refractivity contribution >= 4 is 28.9 Å². The van der Waals surface area contributed by atoms with Gasteiger partial charge < -0.3 is 15.3 Å². The molecule has 7 heteroatoms. The molecule has 1 heterocycles. The maximum Gasteiger partial charge on any atom is 0.241 e. The van der Waals surface area contributed by atoms with Crippen LogP contribution in [0, 0.1) is 5.82 Å². The molecule has 1 aliphatic rings. The zero-order valence-electron chi connectivity index (χ0n) is 14.5. The summed E-state index contributed by atoms with van der Waals surface area (Å²) in [6.45, 7) is 4.95. The first-order valence-electron chi connectivity index (χ1n) is 8.48. The number of phenolic OH excluding ortho intramolecular Hbond substituents is 1. The van der Waals surface area contributed by atoms with Crippen molar-refractivity contribution < 1.29 is 14.3 Å². The summed E-state index contributed by atoms with van der Waals surface area (Å²) < 4.78 is 13.2. The number of anilines is 2. The quantitative estimate of drug-likeness (QED) is 0.858. The van der Waals surface area contributed by atoms with Crippen molar-refractivity contribution in [1.29, 1.82) is 0 Å².